The van der Waals surface area contributed by atoms with Gasteiger partial charge in [0.1, 0.15) is 18.1 Å². The number of urea groups is 1. The molecule has 1 unspecified atom stereocenters. The van der Waals surface area contributed by atoms with Crippen LogP contribution in [0.3, 0.4) is 0 Å². The maximum Gasteiger partial charge on any atom is 0.326 e. The molecular weight excluding hydrogens is 983 g/mol. The number of amides is 5. The molecule has 5 amide bonds. The molecule has 25 nitrogen and oxygen atoms in total. The van der Waals surface area contributed by atoms with Crippen LogP contribution in [0.2, 0.25) is 0 Å². The van der Waals surface area contributed by atoms with Crippen LogP contribution in [0, 0.1) is 11.3 Å². The van der Waals surface area contributed by atoms with E-state index in [-0.39, 0.29) is 108 Å². The van der Waals surface area contributed by atoms with Gasteiger partial charge in [0.15, 0.2) is 0 Å². The highest BCUT2D eigenvalue weighted by molar-refractivity contribution is 5.90. The summed E-state index contributed by atoms with van der Waals surface area (Å²) in [6.45, 7) is 2.56. The number of nitrogens with zero attached hydrogens (tertiary/aromatic N) is 5. The first kappa shape index (κ1) is 58.9. The molecule has 2 saturated heterocycles. The Bertz CT molecular complexity index is 2320. The van der Waals surface area contributed by atoms with Gasteiger partial charge in [-0.25, -0.2) is 14.4 Å². The van der Waals surface area contributed by atoms with Crippen LogP contribution in [0.4, 0.5) is 4.79 Å². The van der Waals surface area contributed by atoms with Crippen LogP contribution in [0.15, 0.2) is 42.5 Å². The molecule has 5 rings (SSSR count). The average molecular weight is 1050 g/mol. The minimum absolute atomic E-state index is 0.0306. The van der Waals surface area contributed by atoms with E-state index in [2.05, 4.69) is 21.3 Å². The van der Waals surface area contributed by atoms with Crippen LogP contribution in [0.1, 0.15) is 63.4 Å². The van der Waals surface area contributed by atoms with E-state index in [1.54, 1.807) is 19.6 Å². The quantitative estimate of drug-likeness (QED) is 0.0572. The van der Waals surface area contributed by atoms with E-state index in [4.69, 9.17) is 5.11 Å². The lowest BCUT2D eigenvalue weighted by Gasteiger charge is -2.53. The lowest BCUT2D eigenvalue weighted by atomic mass is 9.65. The summed E-state index contributed by atoms with van der Waals surface area (Å²) in [6, 6.07) is 8.50. The molecule has 3 atom stereocenters. The lowest BCUT2D eigenvalue weighted by molar-refractivity contribution is -0.149. The second-order valence-corrected chi connectivity index (χ2v) is 19.9. The number of hydrogen-bond acceptors (Lipinski definition) is 14. The molecule has 2 heterocycles. The topological polar surface area (TPSA) is 356 Å². The minimum atomic E-state index is -1.55. The number of hydrogen-bond donors (Lipinski definition) is 10. The number of benzene rings is 2. The van der Waals surface area contributed by atoms with E-state index in [1.807, 2.05) is 47.4 Å². The number of carbonyl (C=O) groups is 10. The molecule has 2 aliphatic heterocycles. The van der Waals surface area contributed by atoms with E-state index in [1.165, 1.54) is 0 Å². The standard InChI is InChI=1S/C50H71N9O16/c60-40(27-55-17-19-56(28-42(63)64)21-23-58(30-44(67)68)24-22-57(20-18-55)29-43(65)66)59-31-50(32-59)14-12-35(13-15-50)45(69)52-39(26-33-8-9-34-5-1-2-6-36(34)25-33)46(70)51-16-4-3-7-37(47(71)72)53-49(75)54-38(48(73)74)10-11-41(61)62/h1-2,5-6,8-9,25,35,37-39H,3-4,7,10-24,26-32H2,(H,51,70)(H,52,69)(H,61,62)(H,63,64)(H,65,66)(H,67,68)(H,71,72)(H,73,74)(H2,53,54,75)/t37?,38-,39-/m0/s1. The summed E-state index contributed by atoms with van der Waals surface area (Å²) in [5, 5.41) is 68.6. The average Bonchev–Trinajstić information content (AvgIpc) is 3.33. The van der Waals surface area contributed by atoms with Gasteiger partial charge >= 0.3 is 41.8 Å². The molecule has 25 heteroatoms. The molecule has 1 spiro atoms. The Morgan fingerprint density at radius 2 is 1.05 bits per heavy atom. The van der Waals surface area contributed by atoms with Crippen molar-refractivity contribution in [2.45, 2.75) is 82.3 Å². The van der Waals surface area contributed by atoms with Gasteiger partial charge in [0, 0.05) is 96.2 Å². The number of likely N-dealkylation sites (tertiary alicyclic amines) is 1. The highest BCUT2D eigenvalue weighted by Crippen LogP contribution is 2.45. The number of nitrogens with one attached hydrogen (secondary N) is 4. The van der Waals surface area contributed by atoms with Gasteiger partial charge in [-0.1, -0.05) is 42.5 Å². The second-order valence-electron chi connectivity index (χ2n) is 19.9. The first-order valence-electron chi connectivity index (χ1n) is 25.3. The summed E-state index contributed by atoms with van der Waals surface area (Å²) in [5.41, 5.74) is 0.626. The van der Waals surface area contributed by atoms with Crippen LogP contribution in [-0.2, 0) is 49.6 Å². The Morgan fingerprint density at radius 3 is 1.55 bits per heavy atom. The number of carboxylic acid groups (broad SMARTS) is 6. The van der Waals surface area contributed by atoms with Crippen molar-refractivity contribution in [1.82, 2.24) is 45.8 Å². The summed E-state index contributed by atoms with van der Waals surface area (Å²) >= 11 is 0. The number of rotatable bonds is 25. The van der Waals surface area contributed by atoms with Crippen molar-refractivity contribution >= 4 is 70.3 Å². The maximum absolute atomic E-state index is 13.9. The smallest absolute Gasteiger partial charge is 0.326 e. The molecule has 0 aromatic heterocycles. The Kier molecular flexibility index (Phi) is 22.5. The molecule has 412 valence electrons. The van der Waals surface area contributed by atoms with Crippen LogP contribution < -0.4 is 21.3 Å². The Hall–Kier alpha value is -6.96. The third-order valence-electron chi connectivity index (χ3n) is 14.1. The van der Waals surface area contributed by atoms with Gasteiger partial charge in [0.05, 0.1) is 26.2 Å². The van der Waals surface area contributed by atoms with Gasteiger partial charge in [0.2, 0.25) is 17.7 Å². The summed E-state index contributed by atoms with van der Waals surface area (Å²) in [4.78, 5) is 132. The van der Waals surface area contributed by atoms with Crippen molar-refractivity contribution in [3.63, 3.8) is 0 Å². The van der Waals surface area contributed by atoms with Crippen molar-refractivity contribution < 1.29 is 78.6 Å². The predicted molar refractivity (Wildman–Crippen MR) is 267 cm³/mol. The molecule has 2 aromatic carbocycles. The van der Waals surface area contributed by atoms with Crippen LogP contribution in [0.25, 0.3) is 10.8 Å². The van der Waals surface area contributed by atoms with Gasteiger partial charge in [-0.3, -0.25) is 53.2 Å². The number of carbonyl (C=O) groups excluding carboxylic acids is 4. The highest BCUT2D eigenvalue weighted by atomic mass is 16.4. The molecule has 2 aromatic rings. The van der Waals surface area contributed by atoms with Crippen LogP contribution in [-0.4, -0.2) is 231 Å². The minimum Gasteiger partial charge on any atom is -0.481 e. The fourth-order valence-electron chi connectivity index (χ4n) is 9.87. The fraction of sp³-hybridized carbons (Fsp3) is 0.600. The van der Waals surface area contributed by atoms with E-state index in [0.29, 0.717) is 58.3 Å². The number of aliphatic carboxylic acids is 6. The number of unbranched alkanes of at least 4 members (excludes halogenated alkanes) is 1. The summed E-state index contributed by atoms with van der Waals surface area (Å²) in [5.74, 6) is -8.51. The van der Waals surface area contributed by atoms with Gasteiger partial charge in [0.25, 0.3) is 0 Å². The molecule has 3 fully saturated rings. The molecule has 75 heavy (non-hydrogen) atoms. The second kappa shape index (κ2) is 28.6. The van der Waals surface area contributed by atoms with Crippen molar-refractivity contribution in [2.75, 3.05) is 98.2 Å². The van der Waals surface area contributed by atoms with Crippen molar-refractivity contribution in [3.8, 4) is 0 Å². The van der Waals surface area contributed by atoms with E-state index in [0.717, 1.165) is 16.3 Å². The molecule has 10 N–H and O–H groups in total. The molecule has 1 saturated carbocycles. The first-order valence-corrected chi connectivity index (χ1v) is 25.3. The van der Waals surface area contributed by atoms with Crippen LogP contribution >= 0.6 is 0 Å². The number of carboxylic acids is 6. The van der Waals surface area contributed by atoms with Crippen molar-refractivity contribution in [3.05, 3.63) is 48.0 Å². The largest absolute Gasteiger partial charge is 0.481 e. The lowest BCUT2D eigenvalue weighted by Crippen LogP contribution is -2.62. The third-order valence-corrected chi connectivity index (χ3v) is 14.1. The zero-order valence-electron chi connectivity index (χ0n) is 42.0. The Morgan fingerprint density at radius 1 is 0.560 bits per heavy atom. The van der Waals surface area contributed by atoms with Crippen molar-refractivity contribution in [2.24, 2.45) is 11.3 Å². The highest BCUT2D eigenvalue weighted by Gasteiger charge is 2.48. The zero-order chi connectivity index (χ0) is 54.7. The van der Waals surface area contributed by atoms with Gasteiger partial charge in [-0.05, 0) is 67.7 Å². The van der Waals surface area contributed by atoms with Crippen molar-refractivity contribution in [1.29, 1.82) is 0 Å². The van der Waals surface area contributed by atoms with E-state index < -0.39 is 84.6 Å². The van der Waals surface area contributed by atoms with Gasteiger partial charge in [-0.15, -0.1) is 0 Å². The van der Waals surface area contributed by atoms with Gasteiger partial charge in [-0.2, -0.15) is 0 Å². The summed E-state index contributed by atoms with van der Waals surface area (Å²) in [7, 11) is 0. The monoisotopic (exact) mass is 1050 g/mol. The van der Waals surface area contributed by atoms with E-state index in [9.17, 15) is 73.5 Å². The Balaban J connectivity index is 1.13. The first-order chi connectivity index (χ1) is 35.7. The maximum atomic E-state index is 13.9. The summed E-state index contributed by atoms with van der Waals surface area (Å²) < 4.78 is 0. The van der Waals surface area contributed by atoms with E-state index >= 15 is 0 Å². The molecule has 3 aliphatic rings. The van der Waals surface area contributed by atoms with Crippen LogP contribution in [0.5, 0.6) is 0 Å². The molecule has 0 bridgehead atoms. The summed E-state index contributed by atoms with van der Waals surface area (Å²) in [6.07, 6.45) is 2.10. The normalized spacial score (nSPS) is 18.5. The zero-order valence-corrected chi connectivity index (χ0v) is 42.0. The molecular formula is C50H71N9O16. The third kappa shape index (κ3) is 19.7. The number of fused-ring (bicyclic) bond motifs is 1. The molecule has 1 aliphatic carbocycles. The van der Waals surface area contributed by atoms with Gasteiger partial charge < -0.3 is 56.8 Å². The SMILES string of the molecule is O=C(O)CC[C@H](NC(=O)NC(CCCCNC(=O)[C@H](Cc1ccc2ccccc2c1)NC(=O)C1CCC2(CC1)CN(C(=O)CN1CCN(CC(=O)O)CCN(CC(=O)O)CCN(CC(=O)O)CC1)C2)C(=O)O)C(=O)O. The molecule has 0 radical (unpaired) electrons. The Labute approximate surface area is 433 Å². The predicted octanol–water partition coefficient (Wildman–Crippen LogP) is -0.282. The fourth-order valence-corrected chi connectivity index (χ4v) is 9.87.